The Morgan fingerprint density at radius 2 is 1.48 bits per heavy atom. The Bertz CT molecular complexity index is 1520. The molecule has 0 aromatic heterocycles. The van der Waals surface area contributed by atoms with Crippen LogP contribution in [0.3, 0.4) is 0 Å². The van der Waals surface area contributed by atoms with Crippen LogP contribution in [0.4, 0.5) is 5.69 Å². The number of nitrogens with two attached hydrogens (primary N) is 2. The van der Waals surface area contributed by atoms with Crippen LogP contribution in [-0.2, 0) is 13.0 Å². The van der Waals surface area contributed by atoms with E-state index in [4.69, 9.17) is 30.4 Å². The predicted molar refractivity (Wildman–Crippen MR) is 178 cm³/mol. The van der Waals surface area contributed by atoms with Crippen molar-refractivity contribution in [1.82, 2.24) is 9.80 Å². The second kappa shape index (κ2) is 16.5. The number of anilines is 1. The molecule has 0 unspecified atom stereocenters. The lowest BCUT2D eigenvalue weighted by molar-refractivity contribution is 0.0998. The summed E-state index contributed by atoms with van der Waals surface area (Å²) in [6, 6.07) is 16.0. The fourth-order valence-corrected chi connectivity index (χ4v) is 5.32. The van der Waals surface area contributed by atoms with E-state index < -0.39 is 5.91 Å². The first-order chi connectivity index (χ1) is 22.3. The topological polar surface area (TPSA) is 154 Å². The summed E-state index contributed by atoms with van der Waals surface area (Å²) < 4.78 is 22.7. The van der Waals surface area contributed by atoms with Crippen molar-refractivity contribution < 1.29 is 28.5 Å². The molecule has 0 atom stereocenters. The number of carbonyl (C=O) groups is 2. The zero-order chi connectivity index (χ0) is 33.1. The molecule has 46 heavy (non-hydrogen) atoms. The van der Waals surface area contributed by atoms with Gasteiger partial charge in [-0.2, -0.15) is 4.99 Å². The van der Waals surface area contributed by atoms with Crippen LogP contribution in [-0.4, -0.2) is 88.2 Å². The van der Waals surface area contributed by atoms with Crippen LogP contribution < -0.4 is 35.7 Å². The molecule has 0 spiro atoms. The van der Waals surface area contributed by atoms with Gasteiger partial charge in [0.05, 0.1) is 33.6 Å². The van der Waals surface area contributed by atoms with Gasteiger partial charge in [0.1, 0.15) is 5.75 Å². The van der Waals surface area contributed by atoms with Gasteiger partial charge >= 0.3 is 0 Å². The second-order valence-electron chi connectivity index (χ2n) is 10.9. The maximum absolute atomic E-state index is 13.1. The van der Waals surface area contributed by atoms with E-state index in [1.54, 1.807) is 45.6 Å². The normalized spacial score (nSPS) is 13.5. The summed E-state index contributed by atoms with van der Waals surface area (Å²) in [4.78, 5) is 33.9. The van der Waals surface area contributed by atoms with Crippen molar-refractivity contribution in [3.05, 3.63) is 76.9 Å². The number of piperazine rings is 1. The van der Waals surface area contributed by atoms with Gasteiger partial charge in [-0.25, -0.2) is 0 Å². The highest BCUT2D eigenvalue weighted by Gasteiger charge is 2.21. The fraction of sp³-hybridized carbons (Fsp3) is 0.382. The van der Waals surface area contributed by atoms with Gasteiger partial charge in [0, 0.05) is 56.0 Å². The minimum atomic E-state index is -0.613. The second-order valence-corrected chi connectivity index (χ2v) is 10.9. The number of amides is 2. The van der Waals surface area contributed by atoms with Crippen LogP contribution >= 0.6 is 0 Å². The molecule has 12 nitrogen and oxygen atoms in total. The summed E-state index contributed by atoms with van der Waals surface area (Å²) in [7, 11) is 4.87. The van der Waals surface area contributed by atoms with Crippen molar-refractivity contribution in [3.63, 3.8) is 0 Å². The Morgan fingerprint density at radius 3 is 2.11 bits per heavy atom. The van der Waals surface area contributed by atoms with E-state index in [0.29, 0.717) is 40.9 Å². The predicted octanol–water partition coefficient (Wildman–Crippen LogP) is 3.53. The average molecular weight is 633 g/mol. The number of aliphatic imine (C=N–C) groups is 1. The highest BCUT2D eigenvalue weighted by Crippen LogP contribution is 2.40. The molecule has 1 fully saturated rings. The summed E-state index contributed by atoms with van der Waals surface area (Å²) in [5.41, 5.74) is 14.0. The van der Waals surface area contributed by atoms with Crippen molar-refractivity contribution in [2.24, 2.45) is 16.5 Å². The number of benzene rings is 3. The monoisotopic (exact) mass is 632 g/mol. The summed E-state index contributed by atoms with van der Waals surface area (Å²) in [6.45, 7) is 7.78. The Balaban J connectivity index is 1.32. The first kappa shape index (κ1) is 34.1. The molecular weight excluding hydrogens is 588 g/mol. The van der Waals surface area contributed by atoms with Crippen LogP contribution in [0.1, 0.15) is 45.2 Å². The number of guanidine groups is 1. The smallest absolute Gasteiger partial charge is 0.280 e. The molecule has 4 rings (SSSR count). The van der Waals surface area contributed by atoms with Gasteiger partial charge < -0.3 is 40.6 Å². The lowest BCUT2D eigenvalue weighted by atomic mass is 10.1. The van der Waals surface area contributed by atoms with Crippen molar-refractivity contribution >= 4 is 23.5 Å². The maximum atomic E-state index is 13.1. The summed E-state index contributed by atoms with van der Waals surface area (Å²) >= 11 is 0. The minimum absolute atomic E-state index is 0.223. The quantitative estimate of drug-likeness (QED) is 0.137. The zero-order valence-corrected chi connectivity index (χ0v) is 27.0. The summed E-state index contributed by atoms with van der Waals surface area (Å²) in [6.07, 6.45) is 1.66. The molecular formula is C34H44N6O6. The number of nitrogens with one attached hydrogen (secondary N) is 1. The third-order valence-corrected chi connectivity index (χ3v) is 7.85. The third-order valence-electron chi connectivity index (χ3n) is 7.85. The van der Waals surface area contributed by atoms with Crippen LogP contribution in [0.5, 0.6) is 23.0 Å². The van der Waals surface area contributed by atoms with Gasteiger partial charge in [-0.3, -0.25) is 14.5 Å². The SMILES string of the molecule is CCc1ccc(C(=O)Nc2cc(C(=O)N=C(N)N)ccc2OCCCN2CCN(Cc3ccc(OC)c(OC)c3OC)CC2)cc1. The summed E-state index contributed by atoms with van der Waals surface area (Å²) in [5.74, 6) is 1.12. The number of nitrogens with zero attached hydrogens (tertiary/aromatic N) is 3. The number of carbonyl (C=O) groups excluding carboxylic acids is 2. The Labute approximate surface area is 270 Å². The molecule has 0 radical (unpaired) electrons. The molecule has 0 aliphatic carbocycles. The third kappa shape index (κ3) is 8.89. The molecule has 3 aromatic rings. The van der Waals surface area contributed by atoms with E-state index in [-0.39, 0.29) is 17.4 Å². The lowest BCUT2D eigenvalue weighted by Crippen LogP contribution is -2.46. The minimum Gasteiger partial charge on any atom is -0.493 e. The zero-order valence-electron chi connectivity index (χ0n) is 27.0. The number of hydrogen-bond donors (Lipinski definition) is 3. The molecule has 246 valence electrons. The van der Waals surface area contributed by atoms with Crippen LogP contribution in [0.25, 0.3) is 0 Å². The molecule has 1 aliphatic heterocycles. The molecule has 12 heteroatoms. The first-order valence-corrected chi connectivity index (χ1v) is 15.3. The van der Waals surface area contributed by atoms with Crippen molar-refractivity contribution in [2.45, 2.75) is 26.3 Å². The first-order valence-electron chi connectivity index (χ1n) is 15.3. The van der Waals surface area contributed by atoms with E-state index in [1.807, 2.05) is 24.3 Å². The van der Waals surface area contributed by atoms with Crippen molar-refractivity contribution in [3.8, 4) is 23.0 Å². The van der Waals surface area contributed by atoms with E-state index in [9.17, 15) is 9.59 Å². The van der Waals surface area contributed by atoms with Gasteiger partial charge in [0.15, 0.2) is 17.5 Å². The largest absolute Gasteiger partial charge is 0.493 e. The lowest BCUT2D eigenvalue weighted by Gasteiger charge is -2.35. The molecule has 0 bridgehead atoms. The molecule has 1 aliphatic rings. The van der Waals surface area contributed by atoms with Gasteiger partial charge in [-0.15, -0.1) is 0 Å². The molecule has 5 N–H and O–H groups in total. The van der Waals surface area contributed by atoms with Gasteiger partial charge in [-0.1, -0.05) is 25.1 Å². The fourth-order valence-electron chi connectivity index (χ4n) is 5.32. The van der Waals surface area contributed by atoms with E-state index in [0.717, 1.165) is 63.2 Å². The molecule has 2 amide bonds. The molecule has 0 saturated carbocycles. The standard InChI is InChI=1S/C34H44N6O6/c1-5-23-7-9-24(10-8-23)32(41)37-27-21-25(33(42)38-34(35)36)11-13-28(27)46-20-6-15-39-16-18-40(19-17-39)22-26-12-14-29(43-2)31(45-4)30(26)44-3/h7-14,21H,5-6,15-20,22H2,1-4H3,(H,37,41)(H4,35,36,38,42). The maximum Gasteiger partial charge on any atom is 0.280 e. The number of methoxy groups -OCH3 is 3. The highest BCUT2D eigenvalue weighted by molar-refractivity contribution is 6.07. The van der Waals surface area contributed by atoms with E-state index >= 15 is 0 Å². The Morgan fingerprint density at radius 1 is 0.826 bits per heavy atom. The van der Waals surface area contributed by atoms with Gasteiger partial charge in [0.2, 0.25) is 5.75 Å². The van der Waals surface area contributed by atoms with Crippen molar-refractivity contribution in [1.29, 1.82) is 0 Å². The van der Waals surface area contributed by atoms with Crippen LogP contribution in [0.15, 0.2) is 59.6 Å². The van der Waals surface area contributed by atoms with Gasteiger partial charge in [0.25, 0.3) is 11.8 Å². The average Bonchev–Trinajstić information content (AvgIpc) is 3.07. The van der Waals surface area contributed by atoms with Crippen LogP contribution in [0, 0.1) is 0 Å². The molecule has 1 saturated heterocycles. The highest BCUT2D eigenvalue weighted by atomic mass is 16.5. The summed E-state index contributed by atoms with van der Waals surface area (Å²) in [5, 5.41) is 2.88. The number of hydrogen-bond acceptors (Lipinski definition) is 8. The molecule has 3 aromatic carbocycles. The van der Waals surface area contributed by atoms with Gasteiger partial charge in [-0.05, 0) is 54.8 Å². The number of rotatable bonds is 14. The molecule has 1 heterocycles. The van der Waals surface area contributed by atoms with E-state index in [1.165, 1.54) is 6.07 Å². The van der Waals surface area contributed by atoms with E-state index in [2.05, 4.69) is 27.0 Å². The Hall–Kier alpha value is -4.81. The van der Waals surface area contributed by atoms with Crippen LogP contribution in [0.2, 0.25) is 0 Å². The Kier molecular flexibility index (Phi) is 12.2. The number of ether oxygens (including phenoxy) is 4. The van der Waals surface area contributed by atoms with Crippen molar-refractivity contribution in [2.75, 3.05) is 66.0 Å². The number of aryl methyl sites for hydroxylation is 1.